The molecule has 2 atom stereocenters. The van der Waals surface area contributed by atoms with Gasteiger partial charge >= 0.3 is 0 Å². The summed E-state index contributed by atoms with van der Waals surface area (Å²) >= 11 is 6.28. The minimum atomic E-state index is 0.409. The highest BCUT2D eigenvalue weighted by atomic mass is 35.5. The largest absolute Gasteiger partial charge is 0.313 e. The van der Waals surface area contributed by atoms with Gasteiger partial charge in [0, 0.05) is 30.2 Å². The second-order valence-electron chi connectivity index (χ2n) is 5.13. The number of halogens is 1. The van der Waals surface area contributed by atoms with Crippen molar-refractivity contribution in [3.63, 3.8) is 0 Å². The molecule has 2 rings (SSSR count). The molecular formula is C15H23ClN2. The van der Waals surface area contributed by atoms with Crippen LogP contribution in [0.3, 0.4) is 0 Å². The van der Waals surface area contributed by atoms with Crippen LogP contribution in [-0.4, -0.2) is 30.6 Å². The van der Waals surface area contributed by atoms with Crippen molar-refractivity contribution >= 4 is 11.6 Å². The van der Waals surface area contributed by atoms with Gasteiger partial charge in [0.2, 0.25) is 0 Å². The van der Waals surface area contributed by atoms with E-state index in [-0.39, 0.29) is 0 Å². The van der Waals surface area contributed by atoms with Crippen LogP contribution in [0.15, 0.2) is 24.3 Å². The fourth-order valence-electron chi connectivity index (χ4n) is 2.66. The lowest BCUT2D eigenvalue weighted by atomic mass is 10.1. The predicted molar refractivity (Wildman–Crippen MR) is 78.1 cm³/mol. The van der Waals surface area contributed by atoms with Gasteiger partial charge in [-0.25, -0.2) is 0 Å². The fourth-order valence-corrected chi connectivity index (χ4v) is 2.96. The van der Waals surface area contributed by atoms with E-state index in [9.17, 15) is 0 Å². The molecular weight excluding hydrogens is 244 g/mol. The number of rotatable bonds is 5. The zero-order valence-electron chi connectivity index (χ0n) is 11.3. The van der Waals surface area contributed by atoms with E-state index in [0.717, 1.165) is 24.7 Å². The molecule has 2 nitrogen and oxygen atoms in total. The quantitative estimate of drug-likeness (QED) is 0.878. The molecule has 0 saturated carbocycles. The molecule has 1 aromatic rings. The standard InChI is InChI=1S/C15H23ClN2/c1-3-9-17-13-8-10-18(11-13)12(2)14-6-4-5-7-15(14)16/h4-7,12-13,17H,3,8-11H2,1-2H3. The summed E-state index contributed by atoms with van der Waals surface area (Å²) in [6.07, 6.45) is 2.45. The third-order valence-corrected chi connectivity index (χ3v) is 4.15. The van der Waals surface area contributed by atoms with Crippen molar-refractivity contribution in [2.75, 3.05) is 19.6 Å². The van der Waals surface area contributed by atoms with E-state index < -0.39 is 0 Å². The SMILES string of the molecule is CCCNC1CCN(C(C)c2ccccc2Cl)C1. The first-order valence-corrected chi connectivity index (χ1v) is 7.32. The molecule has 0 bridgehead atoms. The molecule has 0 aliphatic carbocycles. The first-order chi connectivity index (χ1) is 8.72. The first kappa shape index (κ1) is 13.9. The predicted octanol–water partition coefficient (Wildman–Crippen LogP) is 3.47. The van der Waals surface area contributed by atoms with Crippen LogP contribution >= 0.6 is 11.6 Å². The summed E-state index contributed by atoms with van der Waals surface area (Å²) in [4.78, 5) is 2.52. The average molecular weight is 267 g/mol. The van der Waals surface area contributed by atoms with Gasteiger partial charge in [-0.15, -0.1) is 0 Å². The van der Waals surface area contributed by atoms with Crippen LogP contribution in [0.25, 0.3) is 0 Å². The number of hydrogen-bond donors (Lipinski definition) is 1. The molecule has 100 valence electrons. The Morgan fingerprint density at radius 2 is 2.22 bits per heavy atom. The Morgan fingerprint density at radius 3 is 2.94 bits per heavy atom. The van der Waals surface area contributed by atoms with Crippen molar-refractivity contribution < 1.29 is 0 Å². The average Bonchev–Trinajstić information content (AvgIpc) is 2.85. The van der Waals surface area contributed by atoms with Crippen molar-refractivity contribution in [3.8, 4) is 0 Å². The van der Waals surface area contributed by atoms with Gasteiger partial charge in [-0.1, -0.05) is 36.7 Å². The maximum Gasteiger partial charge on any atom is 0.0453 e. The highest BCUT2D eigenvalue weighted by molar-refractivity contribution is 6.31. The van der Waals surface area contributed by atoms with E-state index in [0.29, 0.717) is 12.1 Å². The normalized spacial score (nSPS) is 22.3. The number of hydrogen-bond acceptors (Lipinski definition) is 2. The maximum absolute atomic E-state index is 6.28. The van der Waals surface area contributed by atoms with Crippen molar-refractivity contribution in [2.45, 2.75) is 38.8 Å². The monoisotopic (exact) mass is 266 g/mol. The van der Waals surface area contributed by atoms with E-state index in [2.05, 4.69) is 36.2 Å². The minimum absolute atomic E-state index is 0.409. The van der Waals surface area contributed by atoms with Crippen LogP contribution in [-0.2, 0) is 0 Å². The van der Waals surface area contributed by atoms with Crippen LogP contribution in [0.2, 0.25) is 5.02 Å². The number of benzene rings is 1. The van der Waals surface area contributed by atoms with Gasteiger partial charge in [-0.2, -0.15) is 0 Å². The lowest BCUT2D eigenvalue weighted by Gasteiger charge is -2.25. The molecule has 1 aromatic carbocycles. The third-order valence-electron chi connectivity index (χ3n) is 3.81. The van der Waals surface area contributed by atoms with Gasteiger partial charge in [0.25, 0.3) is 0 Å². The summed E-state index contributed by atoms with van der Waals surface area (Å²) in [5.74, 6) is 0. The number of nitrogens with one attached hydrogen (secondary N) is 1. The van der Waals surface area contributed by atoms with Crippen LogP contribution in [0.5, 0.6) is 0 Å². The van der Waals surface area contributed by atoms with Gasteiger partial charge < -0.3 is 5.32 Å². The van der Waals surface area contributed by atoms with E-state index in [1.165, 1.54) is 18.4 Å². The smallest absolute Gasteiger partial charge is 0.0453 e. The molecule has 1 saturated heterocycles. The van der Waals surface area contributed by atoms with E-state index >= 15 is 0 Å². The third kappa shape index (κ3) is 3.25. The molecule has 0 radical (unpaired) electrons. The second kappa shape index (κ2) is 6.55. The summed E-state index contributed by atoms with van der Waals surface area (Å²) in [5, 5.41) is 4.49. The van der Waals surface area contributed by atoms with Crippen molar-refractivity contribution in [1.29, 1.82) is 0 Å². The molecule has 0 spiro atoms. The molecule has 0 aromatic heterocycles. The minimum Gasteiger partial charge on any atom is -0.313 e. The number of likely N-dealkylation sites (tertiary alicyclic amines) is 1. The summed E-state index contributed by atoms with van der Waals surface area (Å²) in [7, 11) is 0. The highest BCUT2D eigenvalue weighted by Gasteiger charge is 2.26. The van der Waals surface area contributed by atoms with Crippen molar-refractivity contribution in [3.05, 3.63) is 34.9 Å². The zero-order chi connectivity index (χ0) is 13.0. The number of nitrogens with zero attached hydrogens (tertiary/aromatic N) is 1. The van der Waals surface area contributed by atoms with Crippen molar-refractivity contribution in [2.24, 2.45) is 0 Å². The molecule has 1 aliphatic rings. The molecule has 3 heteroatoms. The van der Waals surface area contributed by atoms with E-state index in [4.69, 9.17) is 11.6 Å². The molecule has 1 N–H and O–H groups in total. The van der Waals surface area contributed by atoms with Crippen LogP contribution in [0, 0.1) is 0 Å². The highest BCUT2D eigenvalue weighted by Crippen LogP contribution is 2.29. The van der Waals surface area contributed by atoms with Gasteiger partial charge in [0.15, 0.2) is 0 Å². The van der Waals surface area contributed by atoms with E-state index in [1.807, 2.05) is 12.1 Å². The van der Waals surface area contributed by atoms with Gasteiger partial charge in [-0.3, -0.25) is 4.90 Å². The van der Waals surface area contributed by atoms with Crippen molar-refractivity contribution in [1.82, 2.24) is 10.2 Å². The Balaban J connectivity index is 1.95. The molecule has 2 unspecified atom stereocenters. The Labute approximate surface area is 115 Å². The fraction of sp³-hybridized carbons (Fsp3) is 0.600. The molecule has 1 fully saturated rings. The Bertz CT molecular complexity index is 381. The van der Waals surface area contributed by atoms with Gasteiger partial charge in [0.1, 0.15) is 0 Å². The Hall–Kier alpha value is -0.570. The maximum atomic E-state index is 6.28. The summed E-state index contributed by atoms with van der Waals surface area (Å²) in [6.45, 7) is 7.88. The summed E-state index contributed by atoms with van der Waals surface area (Å²) in [6, 6.07) is 9.24. The van der Waals surface area contributed by atoms with Gasteiger partial charge in [0.05, 0.1) is 0 Å². The Kier molecular flexibility index (Phi) is 5.04. The molecule has 1 aliphatic heterocycles. The van der Waals surface area contributed by atoms with Gasteiger partial charge in [-0.05, 0) is 37.9 Å². The van der Waals surface area contributed by atoms with E-state index in [1.54, 1.807) is 0 Å². The lowest BCUT2D eigenvalue weighted by Crippen LogP contribution is -2.33. The topological polar surface area (TPSA) is 15.3 Å². The van der Waals surface area contributed by atoms with Crippen LogP contribution < -0.4 is 5.32 Å². The van der Waals surface area contributed by atoms with Crippen LogP contribution in [0.1, 0.15) is 38.3 Å². The summed E-state index contributed by atoms with van der Waals surface area (Å²) in [5.41, 5.74) is 1.25. The molecule has 1 heterocycles. The van der Waals surface area contributed by atoms with Crippen LogP contribution in [0.4, 0.5) is 0 Å². The Morgan fingerprint density at radius 1 is 1.44 bits per heavy atom. The zero-order valence-corrected chi connectivity index (χ0v) is 12.1. The summed E-state index contributed by atoms with van der Waals surface area (Å²) < 4.78 is 0. The second-order valence-corrected chi connectivity index (χ2v) is 5.54. The lowest BCUT2D eigenvalue weighted by molar-refractivity contribution is 0.256. The molecule has 18 heavy (non-hydrogen) atoms. The molecule has 0 amide bonds. The first-order valence-electron chi connectivity index (χ1n) is 6.94.